The number of hydrogen-bond acceptors (Lipinski definition) is 3. The number of hydrogen-bond donors (Lipinski definition) is 1. The number of nitrogens with one attached hydrogen (secondary N) is 1. The summed E-state index contributed by atoms with van der Waals surface area (Å²) < 4.78 is 4.73. The van der Waals surface area contributed by atoms with E-state index in [9.17, 15) is 9.59 Å². The molecular weight excluding hydrogens is 230 g/mol. The summed E-state index contributed by atoms with van der Waals surface area (Å²) in [7, 11) is 1.42. The number of carbonyl (C=O) groups is 2. The van der Waals surface area contributed by atoms with E-state index in [0.717, 1.165) is 25.7 Å². The number of allylic oxidation sites excluding steroid dienone is 3. The quantitative estimate of drug-likeness (QED) is 0.472. The maximum atomic E-state index is 11.5. The summed E-state index contributed by atoms with van der Waals surface area (Å²) in [5.41, 5.74) is 0. The van der Waals surface area contributed by atoms with Crippen LogP contribution in [0.3, 0.4) is 0 Å². The first-order valence-corrected chi connectivity index (χ1v) is 6.35. The minimum atomic E-state index is -0.132. The van der Waals surface area contributed by atoms with Crippen LogP contribution < -0.4 is 5.32 Å². The van der Waals surface area contributed by atoms with Crippen molar-refractivity contribution in [2.75, 3.05) is 7.11 Å². The topological polar surface area (TPSA) is 55.4 Å². The fourth-order valence-electron chi connectivity index (χ4n) is 2.14. The van der Waals surface area contributed by atoms with Gasteiger partial charge in [-0.05, 0) is 32.6 Å². The van der Waals surface area contributed by atoms with Crippen LogP contribution in [0.15, 0.2) is 24.3 Å². The zero-order chi connectivity index (χ0) is 13.4. The lowest BCUT2D eigenvalue weighted by Crippen LogP contribution is -2.38. The predicted octanol–water partition coefficient (Wildman–Crippen LogP) is 1.97. The second kappa shape index (κ2) is 7.69. The molecule has 0 aliphatic heterocycles. The molecule has 0 heterocycles. The molecule has 0 unspecified atom stereocenters. The number of carbonyl (C=O) groups excluding carboxylic acids is 2. The van der Waals surface area contributed by atoms with Crippen molar-refractivity contribution in [2.24, 2.45) is 5.92 Å². The van der Waals surface area contributed by atoms with Gasteiger partial charge in [0, 0.05) is 12.1 Å². The average Bonchev–Trinajstić information content (AvgIpc) is 2.39. The normalized spacial score (nSPS) is 24.3. The molecule has 1 aliphatic carbocycles. The van der Waals surface area contributed by atoms with Gasteiger partial charge in [0.15, 0.2) is 0 Å². The van der Waals surface area contributed by atoms with Gasteiger partial charge in [-0.1, -0.05) is 18.2 Å². The molecule has 4 nitrogen and oxygen atoms in total. The molecular formula is C14H21NO3. The summed E-state index contributed by atoms with van der Waals surface area (Å²) in [5.74, 6) is -0.205. The lowest BCUT2D eigenvalue weighted by molar-refractivity contribution is -0.146. The van der Waals surface area contributed by atoms with E-state index in [1.165, 1.54) is 13.2 Å². The Morgan fingerprint density at radius 3 is 2.39 bits per heavy atom. The Kier molecular flexibility index (Phi) is 6.19. The van der Waals surface area contributed by atoms with Crippen molar-refractivity contribution in [3.63, 3.8) is 0 Å². The fraction of sp³-hybridized carbons (Fsp3) is 0.571. The molecule has 0 aromatic carbocycles. The fourth-order valence-corrected chi connectivity index (χ4v) is 2.14. The van der Waals surface area contributed by atoms with Gasteiger partial charge in [0.25, 0.3) is 0 Å². The number of methoxy groups -OCH3 is 1. The van der Waals surface area contributed by atoms with E-state index >= 15 is 0 Å². The summed E-state index contributed by atoms with van der Waals surface area (Å²) in [6.07, 6.45) is 10.2. The molecule has 100 valence electrons. The minimum Gasteiger partial charge on any atom is -0.469 e. The van der Waals surface area contributed by atoms with Crippen LogP contribution in [0.4, 0.5) is 0 Å². The van der Waals surface area contributed by atoms with Crippen LogP contribution in [0.1, 0.15) is 32.6 Å². The van der Waals surface area contributed by atoms with Gasteiger partial charge < -0.3 is 10.1 Å². The van der Waals surface area contributed by atoms with E-state index in [1.54, 1.807) is 6.08 Å². The molecule has 1 saturated carbocycles. The average molecular weight is 251 g/mol. The van der Waals surface area contributed by atoms with Crippen LogP contribution in [0.2, 0.25) is 0 Å². The second-order valence-electron chi connectivity index (χ2n) is 4.47. The Morgan fingerprint density at radius 1 is 1.17 bits per heavy atom. The Morgan fingerprint density at radius 2 is 1.83 bits per heavy atom. The molecule has 18 heavy (non-hydrogen) atoms. The third-order valence-corrected chi connectivity index (χ3v) is 3.16. The SMILES string of the molecule is CC=C/C=C/C(=O)NC1CCC(C(=O)OC)CC1. The maximum absolute atomic E-state index is 11.5. The molecule has 0 atom stereocenters. The highest BCUT2D eigenvalue weighted by atomic mass is 16.5. The molecule has 0 saturated heterocycles. The van der Waals surface area contributed by atoms with Crippen LogP contribution in [-0.2, 0) is 14.3 Å². The van der Waals surface area contributed by atoms with Gasteiger partial charge in [0.2, 0.25) is 5.91 Å². The Bertz CT molecular complexity index is 339. The van der Waals surface area contributed by atoms with E-state index in [4.69, 9.17) is 4.74 Å². The Hall–Kier alpha value is -1.58. The molecule has 0 aromatic rings. The zero-order valence-electron chi connectivity index (χ0n) is 11.0. The van der Waals surface area contributed by atoms with Crippen molar-refractivity contribution in [1.29, 1.82) is 0 Å². The van der Waals surface area contributed by atoms with Gasteiger partial charge >= 0.3 is 5.97 Å². The summed E-state index contributed by atoms with van der Waals surface area (Å²) >= 11 is 0. The number of amides is 1. The highest BCUT2D eigenvalue weighted by Crippen LogP contribution is 2.25. The zero-order valence-corrected chi connectivity index (χ0v) is 11.0. The van der Waals surface area contributed by atoms with Crippen LogP contribution in [0, 0.1) is 5.92 Å². The highest BCUT2D eigenvalue weighted by Gasteiger charge is 2.27. The van der Waals surface area contributed by atoms with Crippen LogP contribution in [0.25, 0.3) is 0 Å². The first-order chi connectivity index (χ1) is 8.67. The van der Waals surface area contributed by atoms with E-state index in [0.29, 0.717) is 0 Å². The molecule has 0 bridgehead atoms. The van der Waals surface area contributed by atoms with Crippen LogP contribution in [0.5, 0.6) is 0 Å². The van der Waals surface area contributed by atoms with E-state index < -0.39 is 0 Å². The molecule has 1 N–H and O–H groups in total. The summed E-state index contributed by atoms with van der Waals surface area (Å²) in [5, 5.41) is 2.94. The Labute approximate surface area is 108 Å². The van der Waals surface area contributed by atoms with Crippen molar-refractivity contribution >= 4 is 11.9 Å². The number of rotatable bonds is 4. The lowest BCUT2D eigenvalue weighted by atomic mass is 9.86. The summed E-state index contributed by atoms with van der Waals surface area (Å²) in [6, 6.07) is 0.175. The van der Waals surface area contributed by atoms with E-state index in [-0.39, 0.29) is 23.8 Å². The highest BCUT2D eigenvalue weighted by molar-refractivity contribution is 5.88. The molecule has 0 aromatic heterocycles. The molecule has 1 fully saturated rings. The largest absolute Gasteiger partial charge is 0.469 e. The molecule has 1 amide bonds. The van der Waals surface area contributed by atoms with Crippen molar-refractivity contribution < 1.29 is 14.3 Å². The van der Waals surface area contributed by atoms with Gasteiger partial charge in [-0.2, -0.15) is 0 Å². The standard InChI is InChI=1S/C14H21NO3/c1-3-4-5-6-13(16)15-12-9-7-11(8-10-12)14(17)18-2/h3-6,11-12H,7-10H2,1-2H3,(H,15,16)/b4-3?,6-5+. The Balaban J connectivity index is 2.31. The van der Waals surface area contributed by atoms with Gasteiger partial charge in [0.1, 0.15) is 0 Å². The first-order valence-electron chi connectivity index (χ1n) is 6.35. The summed E-state index contributed by atoms with van der Waals surface area (Å²) in [6.45, 7) is 1.90. The smallest absolute Gasteiger partial charge is 0.308 e. The minimum absolute atomic E-state index is 0.00159. The molecule has 1 aliphatic rings. The molecule has 1 rings (SSSR count). The van der Waals surface area contributed by atoms with Crippen LogP contribution in [-0.4, -0.2) is 25.0 Å². The summed E-state index contributed by atoms with van der Waals surface area (Å²) in [4.78, 5) is 22.9. The number of ether oxygens (including phenoxy) is 1. The predicted molar refractivity (Wildman–Crippen MR) is 69.9 cm³/mol. The van der Waals surface area contributed by atoms with E-state index in [2.05, 4.69) is 5.32 Å². The van der Waals surface area contributed by atoms with Crippen molar-refractivity contribution in [2.45, 2.75) is 38.6 Å². The molecule has 0 spiro atoms. The van der Waals surface area contributed by atoms with Gasteiger partial charge in [-0.3, -0.25) is 9.59 Å². The van der Waals surface area contributed by atoms with Crippen molar-refractivity contribution in [3.8, 4) is 0 Å². The van der Waals surface area contributed by atoms with Crippen molar-refractivity contribution in [1.82, 2.24) is 5.32 Å². The second-order valence-corrected chi connectivity index (χ2v) is 4.47. The molecule has 0 radical (unpaired) electrons. The first kappa shape index (κ1) is 14.5. The molecule has 4 heteroatoms. The maximum Gasteiger partial charge on any atom is 0.308 e. The third kappa shape index (κ3) is 4.73. The van der Waals surface area contributed by atoms with Crippen molar-refractivity contribution in [3.05, 3.63) is 24.3 Å². The van der Waals surface area contributed by atoms with Gasteiger partial charge in [0.05, 0.1) is 13.0 Å². The van der Waals surface area contributed by atoms with E-state index in [1.807, 2.05) is 19.1 Å². The van der Waals surface area contributed by atoms with Crippen LogP contribution >= 0.6 is 0 Å². The monoisotopic (exact) mass is 251 g/mol. The lowest BCUT2D eigenvalue weighted by Gasteiger charge is -2.27. The number of esters is 1. The third-order valence-electron chi connectivity index (χ3n) is 3.16. The van der Waals surface area contributed by atoms with Gasteiger partial charge in [-0.15, -0.1) is 0 Å². The van der Waals surface area contributed by atoms with Gasteiger partial charge in [-0.25, -0.2) is 0 Å².